The van der Waals surface area contributed by atoms with Gasteiger partial charge in [-0.1, -0.05) is 0 Å². The van der Waals surface area contributed by atoms with Crippen molar-refractivity contribution < 1.29 is 36.6 Å². The van der Waals surface area contributed by atoms with Gasteiger partial charge in [0.15, 0.2) is 0 Å². The van der Waals surface area contributed by atoms with Crippen molar-refractivity contribution in [3.8, 4) is 0 Å². The first kappa shape index (κ1) is 28.9. The number of alkyl carbamates (subject to hydrolysis) is 1. The molecule has 1 aliphatic heterocycles. The minimum Gasteiger partial charge on any atom is -0.462 e. The average Bonchev–Trinajstić information content (AvgIpc) is 3.38. The van der Waals surface area contributed by atoms with Crippen LogP contribution in [0.15, 0.2) is 22.1 Å². The number of aromatic nitrogens is 1. The van der Waals surface area contributed by atoms with Crippen LogP contribution < -0.4 is 15.6 Å². The Kier molecular flexibility index (Phi) is 6.85. The molecule has 3 aliphatic rings. The number of anilines is 1. The van der Waals surface area contributed by atoms with Gasteiger partial charge in [0.2, 0.25) is 5.43 Å². The van der Waals surface area contributed by atoms with E-state index in [0.717, 1.165) is 6.07 Å². The molecule has 0 radical (unpaired) electrons. The maximum Gasteiger partial charge on any atom is 0.408 e. The van der Waals surface area contributed by atoms with Crippen molar-refractivity contribution >= 4 is 41.1 Å². The van der Waals surface area contributed by atoms with E-state index in [9.17, 15) is 18.8 Å². The Bertz CT molecular complexity index is 1500. The monoisotopic (exact) mass is 580 g/mol. The smallest absolute Gasteiger partial charge is 0.408 e. The predicted molar refractivity (Wildman–Crippen MR) is 144 cm³/mol. The zero-order chi connectivity index (χ0) is 30.1. The van der Waals surface area contributed by atoms with Gasteiger partial charge in [0, 0.05) is 32.1 Å². The molecule has 2 saturated carbocycles. The molecule has 5 rings (SSSR count). The van der Waals surface area contributed by atoms with Crippen LogP contribution in [0.5, 0.6) is 0 Å². The van der Waals surface area contributed by atoms with Crippen molar-refractivity contribution in [3.05, 3.63) is 33.9 Å². The highest BCUT2D eigenvalue weighted by molar-refractivity contribution is 6.01. The molecular formula is C28H32F4N4O5. The van der Waals surface area contributed by atoms with E-state index in [2.05, 4.69) is 17.0 Å². The van der Waals surface area contributed by atoms with Gasteiger partial charge in [0.1, 0.15) is 34.5 Å². The third-order valence-corrected chi connectivity index (χ3v) is 7.93. The van der Waals surface area contributed by atoms with Crippen LogP contribution in [0.1, 0.15) is 63.4 Å². The number of alkyl halides is 3. The summed E-state index contributed by atoms with van der Waals surface area (Å²) in [6.07, 6.45) is -1.44. The lowest BCUT2D eigenvalue weighted by molar-refractivity contribution is -0.0414. The van der Waals surface area contributed by atoms with Gasteiger partial charge in [-0.2, -0.15) is 0 Å². The van der Waals surface area contributed by atoms with Crippen LogP contribution in [-0.2, 0) is 9.47 Å². The molecule has 0 unspecified atom stereocenters. The van der Waals surface area contributed by atoms with E-state index in [4.69, 9.17) is 9.47 Å². The van der Waals surface area contributed by atoms with Gasteiger partial charge in [-0.05, 0) is 46.9 Å². The maximum atomic E-state index is 15.9. The lowest BCUT2D eigenvalue weighted by Crippen LogP contribution is -2.54. The van der Waals surface area contributed by atoms with E-state index in [0.29, 0.717) is 0 Å². The Hall–Kier alpha value is -3.64. The summed E-state index contributed by atoms with van der Waals surface area (Å²) >= 11 is 0. The molecule has 1 saturated heterocycles. The first-order valence-corrected chi connectivity index (χ1v) is 13.5. The first-order chi connectivity index (χ1) is 19.1. The van der Waals surface area contributed by atoms with Crippen molar-refractivity contribution in [2.75, 3.05) is 24.6 Å². The number of carbonyl (C=O) groups excluding carboxylic acids is 2. The van der Waals surface area contributed by atoms with Gasteiger partial charge in [0.05, 0.1) is 35.0 Å². The molecular weight excluding hydrogens is 548 g/mol. The molecule has 3 fully saturated rings. The summed E-state index contributed by atoms with van der Waals surface area (Å²) in [6.45, 7) is 9.48. The van der Waals surface area contributed by atoms with E-state index in [1.54, 1.807) is 27.7 Å². The van der Waals surface area contributed by atoms with E-state index in [1.807, 2.05) is 0 Å². The number of hydrogen-bond donors (Lipinski definition) is 1. The second kappa shape index (κ2) is 9.73. The highest BCUT2D eigenvalue weighted by Gasteiger charge is 2.64. The largest absolute Gasteiger partial charge is 0.462 e. The molecule has 13 heteroatoms. The minimum absolute atomic E-state index is 0.0158. The fraction of sp³-hybridized carbons (Fsp3) is 0.571. The van der Waals surface area contributed by atoms with Crippen LogP contribution >= 0.6 is 0 Å². The number of esters is 1. The predicted octanol–water partition coefficient (Wildman–Crippen LogP) is 5.06. The van der Waals surface area contributed by atoms with Crippen LogP contribution in [0.3, 0.4) is 0 Å². The van der Waals surface area contributed by atoms with E-state index < -0.39 is 70.5 Å². The number of fused-ring (bicyclic) bond motifs is 2. The molecule has 1 aromatic heterocycles. The number of hydrogen-bond acceptors (Lipinski definition) is 7. The van der Waals surface area contributed by atoms with Crippen molar-refractivity contribution in [1.29, 1.82) is 0 Å². The molecule has 1 N–H and O–H groups in total. The lowest BCUT2D eigenvalue weighted by atomic mass is 9.89. The number of benzene rings is 1. The number of rotatable bonds is 6. The SMILES string of the molecule is C=Nc1c(N2C[C@H]3C(F)(F)CC[C@@]3(NC(=O)OC(C)(C)C)C2)c(F)cc2c(=O)c(C(=O)OCC)cn([C@@H]3C[C@@H]3F)c12. The highest BCUT2D eigenvalue weighted by Crippen LogP contribution is 2.54. The highest BCUT2D eigenvalue weighted by atomic mass is 19.3. The van der Waals surface area contributed by atoms with E-state index >= 15 is 13.2 Å². The number of carbonyl (C=O) groups is 2. The third kappa shape index (κ3) is 4.93. The summed E-state index contributed by atoms with van der Waals surface area (Å²) in [4.78, 5) is 43.8. The molecule has 0 bridgehead atoms. The standard InChI is InChI=1S/C28H32F4N4O5/c1-6-40-24(38)15-11-36(18-10-16(18)29)21-14(23(15)37)9-17(30)22(20(21)33-5)35-12-19-27(13-35,7-8-28(19,31)32)34-25(39)41-26(2,3)4/h9,11,16,18-19H,5-8,10,12-13H2,1-4H3,(H,34,39)/t16-,18+,19+,27+/m0/s1. The molecule has 0 spiro atoms. The molecule has 1 amide bonds. The molecule has 41 heavy (non-hydrogen) atoms. The fourth-order valence-corrected chi connectivity index (χ4v) is 6.10. The number of pyridine rings is 1. The summed E-state index contributed by atoms with van der Waals surface area (Å²) in [5.74, 6) is -6.44. The Morgan fingerprint density at radius 3 is 2.54 bits per heavy atom. The number of nitrogens with zero attached hydrogens (tertiary/aromatic N) is 3. The van der Waals surface area contributed by atoms with Gasteiger partial charge < -0.3 is 24.3 Å². The lowest BCUT2D eigenvalue weighted by Gasteiger charge is -2.32. The van der Waals surface area contributed by atoms with Crippen molar-refractivity contribution in [2.24, 2.45) is 10.9 Å². The quantitative estimate of drug-likeness (QED) is 0.291. The second-order valence-corrected chi connectivity index (χ2v) is 11.9. The summed E-state index contributed by atoms with van der Waals surface area (Å²) in [5, 5.41) is 2.39. The third-order valence-electron chi connectivity index (χ3n) is 7.93. The van der Waals surface area contributed by atoms with Gasteiger partial charge in [-0.15, -0.1) is 0 Å². The Morgan fingerprint density at radius 1 is 1.27 bits per heavy atom. The van der Waals surface area contributed by atoms with Crippen LogP contribution in [-0.4, -0.2) is 66.3 Å². The number of aliphatic imine (C=N–C) groups is 1. The molecule has 2 heterocycles. The van der Waals surface area contributed by atoms with Gasteiger partial charge >= 0.3 is 12.1 Å². The van der Waals surface area contributed by atoms with Gasteiger partial charge in [0.25, 0.3) is 5.92 Å². The molecule has 2 aromatic rings. The normalized spacial score (nSPS) is 26.5. The molecule has 222 valence electrons. The maximum absolute atomic E-state index is 15.9. The van der Waals surface area contributed by atoms with Crippen LogP contribution in [0, 0.1) is 11.7 Å². The van der Waals surface area contributed by atoms with Crippen molar-refractivity contribution in [1.82, 2.24) is 9.88 Å². The topological polar surface area (TPSA) is 102 Å². The Labute approximate surface area is 233 Å². The molecule has 9 nitrogen and oxygen atoms in total. The van der Waals surface area contributed by atoms with E-state index in [1.165, 1.54) is 15.7 Å². The zero-order valence-corrected chi connectivity index (χ0v) is 23.2. The van der Waals surface area contributed by atoms with Crippen molar-refractivity contribution in [3.63, 3.8) is 0 Å². The Balaban J connectivity index is 1.64. The van der Waals surface area contributed by atoms with Crippen LogP contribution in [0.2, 0.25) is 0 Å². The summed E-state index contributed by atoms with van der Waals surface area (Å²) < 4.78 is 72.2. The first-order valence-electron chi connectivity index (χ1n) is 13.5. The summed E-state index contributed by atoms with van der Waals surface area (Å²) in [5.41, 5.74) is -3.87. The number of halogens is 4. The number of amides is 1. The van der Waals surface area contributed by atoms with Gasteiger partial charge in [-0.25, -0.2) is 27.2 Å². The Morgan fingerprint density at radius 2 is 1.95 bits per heavy atom. The summed E-state index contributed by atoms with van der Waals surface area (Å²) in [7, 11) is 0. The molecule has 2 aliphatic carbocycles. The second-order valence-electron chi connectivity index (χ2n) is 11.9. The number of nitrogens with one attached hydrogen (secondary N) is 1. The average molecular weight is 581 g/mol. The fourth-order valence-electron chi connectivity index (χ4n) is 6.10. The minimum atomic E-state index is -3.16. The van der Waals surface area contributed by atoms with Gasteiger partial charge in [-0.3, -0.25) is 9.79 Å². The summed E-state index contributed by atoms with van der Waals surface area (Å²) in [6, 6.07) is 0.143. The molecule has 4 atom stereocenters. The number of ether oxygens (including phenoxy) is 2. The van der Waals surface area contributed by atoms with Crippen molar-refractivity contribution in [2.45, 2.75) is 76.2 Å². The van der Waals surface area contributed by atoms with E-state index in [-0.39, 0.29) is 54.8 Å². The van der Waals surface area contributed by atoms with Crippen LogP contribution in [0.25, 0.3) is 10.9 Å². The van der Waals surface area contributed by atoms with Crippen LogP contribution in [0.4, 0.5) is 33.7 Å². The molecule has 1 aromatic carbocycles. The zero-order valence-electron chi connectivity index (χ0n) is 23.2.